The molecule has 4 aromatic rings. The number of aryl methyl sites for hydroxylation is 2. The molecule has 0 unspecified atom stereocenters. The predicted octanol–water partition coefficient (Wildman–Crippen LogP) is 3.74. The lowest BCUT2D eigenvalue weighted by atomic mass is 10.1. The van der Waals surface area contributed by atoms with Gasteiger partial charge in [0.15, 0.2) is 5.65 Å². The maximum Gasteiger partial charge on any atom is 0.271 e. The van der Waals surface area contributed by atoms with E-state index in [4.69, 9.17) is 4.98 Å². The Morgan fingerprint density at radius 1 is 1.00 bits per heavy atom. The summed E-state index contributed by atoms with van der Waals surface area (Å²) in [5.74, 6) is 0.986. The van der Waals surface area contributed by atoms with Gasteiger partial charge in [-0.3, -0.25) is 14.2 Å². The van der Waals surface area contributed by atoms with Gasteiger partial charge in [-0.05, 0) is 37.1 Å². The molecule has 2 heterocycles. The number of fused-ring (bicyclic) bond motifs is 2. The molecule has 0 saturated carbocycles. The fourth-order valence-electron chi connectivity index (χ4n) is 3.66. The summed E-state index contributed by atoms with van der Waals surface area (Å²) in [6.45, 7) is 6.19. The number of pyridine rings is 1. The van der Waals surface area contributed by atoms with Crippen LogP contribution >= 0.6 is 0 Å². The Hall–Kier alpha value is -3.21. The van der Waals surface area contributed by atoms with Crippen LogP contribution in [0.15, 0.2) is 58.1 Å². The van der Waals surface area contributed by atoms with Crippen molar-refractivity contribution in [2.45, 2.75) is 27.2 Å². The summed E-state index contributed by atoms with van der Waals surface area (Å²) in [6, 6.07) is 15.1. The van der Waals surface area contributed by atoms with Crippen molar-refractivity contribution in [3.63, 3.8) is 0 Å². The highest BCUT2D eigenvalue weighted by Crippen LogP contribution is 2.18. The Labute approximate surface area is 162 Å². The van der Waals surface area contributed by atoms with Gasteiger partial charge in [-0.2, -0.15) is 0 Å². The van der Waals surface area contributed by atoms with E-state index in [-0.39, 0.29) is 16.4 Å². The first-order chi connectivity index (χ1) is 13.4. The van der Waals surface area contributed by atoms with E-state index in [1.165, 1.54) is 0 Å². The number of hydrogen-bond donors (Lipinski definition) is 0. The van der Waals surface area contributed by atoms with Crippen molar-refractivity contribution >= 4 is 21.9 Å². The molecule has 2 aromatic carbocycles. The number of hydrogen-bond acceptors (Lipinski definition) is 3. The van der Waals surface area contributed by atoms with Crippen molar-refractivity contribution in [1.29, 1.82) is 0 Å². The van der Waals surface area contributed by atoms with E-state index >= 15 is 0 Å². The first-order valence-electron chi connectivity index (χ1n) is 9.49. The monoisotopic (exact) mass is 373 g/mol. The van der Waals surface area contributed by atoms with Crippen LogP contribution in [0.25, 0.3) is 27.6 Å². The van der Waals surface area contributed by atoms with E-state index < -0.39 is 0 Å². The highest BCUT2D eigenvalue weighted by Gasteiger charge is 2.19. The van der Waals surface area contributed by atoms with Gasteiger partial charge in [0.25, 0.3) is 5.56 Å². The minimum absolute atomic E-state index is 0.134. The highest BCUT2D eigenvalue weighted by atomic mass is 16.1. The lowest BCUT2D eigenvalue weighted by Gasteiger charge is -2.17. The van der Waals surface area contributed by atoms with Crippen molar-refractivity contribution in [2.24, 2.45) is 13.0 Å². The number of nitrogens with zero attached hydrogens (tertiary/aromatic N) is 3. The third-order valence-corrected chi connectivity index (χ3v) is 5.07. The van der Waals surface area contributed by atoms with Gasteiger partial charge in [-0.25, -0.2) is 4.98 Å². The normalized spacial score (nSPS) is 11.6. The zero-order chi connectivity index (χ0) is 20.0. The van der Waals surface area contributed by atoms with E-state index in [1.807, 2.05) is 61.0 Å². The summed E-state index contributed by atoms with van der Waals surface area (Å²) in [7, 11) is 1.85. The molecule has 0 aliphatic heterocycles. The summed E-state index contributed by atoms with van der Waals surface area (Å²) in [6.07, 6.45) is 0.639. The molecule has 0 spiro atoms. The van der Waals surface area contributed by atoms with Gasteiger partial charge in [0.2, 0.25) is 5.43 Å². The molecule has 5 nitrogen and oxygen atoms in total. The van der Waals surface area contributed by atoms with Crippen LogP contribution < -0.4 is 11.0 Å². The van der Waals surface area contributed by atoms with Gasteiger partial charge in [-0.1, -0.05) is 43.7 Å². The van der Waals surface area contributed by atoms with Crippen molar-refractivity contribution in [3.05, 3.63) is 80.5 Å². The molecule has 0 N–H and O–H groups in total. The lowest BCUT2D eigenvalue weighted by molar-refractivity contribution is 0.604. The molecule has 0 aliphatic carbocycles. The van der Waals surface area contributed by atoms with E-state index in [9.17, 15) is 9.59 Å². The van der Waals surface area contributed by atoms with Gasteiger partial charge in [0, 0.05) is 18.9 Å². The number of para-hydroxylation sites is 1. The quantitative estimate of drug-likeness (QED) is 0.514. The largest absolute Gasteiger partial charge is 0.328 e. The van der Waals surface area contributed by atoms with Crippen LogP contribution in [0.5, 0.6) is 0 Å². The van der Waals surface area contributed by atoms with Crippen LogP contribution in [-0.4, -0.2) is 14.1 Å². The number of rotatable bonds is 3. The van der Waals surface area contributed by atoms with Crippen LogP contribution in [-0.2, 0) is 13.5 Å². The minimum Gasteiger partial charge on any atom is -0.328 e. The first-order valence-corrected chi connectivity index (χ1v) is 9.49. The zero-order valence-corrected chi connectivity index (χ0v) is 16.6. The predicted molar refractivity (Wildman–Crippen MR) is 113 cm³/mol. The Morgan fingerprint density at radius 2 is 1.68 bits per heavy atom. The van der Waals surface area contributed by atoms with Crippen LogP contribution in [0.3, 0.4) is 0 Å². The summed E-state index contributed by atoms with van der Waals surface area (Å²) >= 11 is 0. The maximum atomic E-state index is 13.5. The average Bonchev–Trinajstić information content (AvgIpc) is 2.66. The first kappa shape index (κ1) is 18.2. The molecular weight excluding hydrogens is 350 g/mol. The lowest BCUT2D eigenvalue weighted by Crippen LogP contribution is -2.30. The molecule has 0 aliphatic rings. The topological polar surface area (TPSA) is 56.9 Å². The summed E-state index contributed by atoms with van der Waals surface area (Å²) in [5, 5.41) is 0.665. The van der Waals surface area contributed by atoms with Gasteiger partial charge >= 0.3 is 0 Å². The van der Waals surface area contributed by atoms with Crippen molar-refractivity contribution in [3.8, 4) is 5.69 Å². The Balaban J connectivity index is 2.19. The third-order valence-electron chi connectivity index (χ3n) is 5.07. The minimum atomic E-state index is -0.309. The second-order valence-corrected chi connectivity index (χ2v) is 7.71. The van der Waals surface area contributed by atoms with Gasteiger partial charge in [-0.15, -0.1) is 0 Å². The van der Waals surface area contributed by atoms with Crippen molar-refractivity contribution in [1.82, 2.24) is 14.1 Å². The molecule has 0 atom stereocenters. The zero-order valence-electron chi connectivity index (χ0n) is 16.6. The Bertz CT molecular complexity index is 1310. The summed E-state index contributed by atoms with van der Waals surface area (Å²) < 4.78 is 3.44. The van der Waals surface area contributed by atoms with E-state index in [0.717, 1.165) is 16.8 Å². The van der Waals surface area contributed by atoms with Crippen LogP contribution in [0.4, 0.5) is 0 Å². The van der Waals surface area contributed by atoms with Crippen LogP contribution in [0, 0.1) is 12.8 Å². The molecular formula is C23H23N3O2. The fourth-order valence-corrected chi connectivity index (χ4v) is 3.66. The summed E-state index contributed by atoms with van der Waals surface area (Å²) in [5.41, 5.74) is 2.48. The molecule has 0 amide bonds. The van der Waals surface area contributed by atoms with Gasteiger partial charge in [0.05, 0.1) is 11.2 Å². The highest BCUT2D eigenvalue weighted by molar-refractivity contribution is 5.91. The average molecular weight is 373 g/mol. The Kier molecular flexibility index (Phi) is 4.38. The van der Waals surface area contributed by atoms with E-state index in [0.29, 0.717) is 29.2 Å². The van der Waals surface area contributed by atoms with Gasteiger partial charge in [0.1, 0.15) is 11.2 Å². The molecule has 4 rings (SSSR count). The number of benzene rings is 2. The third kappa shape index (κ3) is 2.83. The molecule has 0 radical (unpaired) electrons. The second-order valence-electron chi connectivity index (χ2n) is 7.71. The van der Waals surface area contributed by atoms with Crippen LogP contribution in [0.1, 0.15) is 25.2 Å². The molecule has 5 heteroatoms. The summed E-state index contributed by atoms with van der Waals surface area (Å²) in [4.78, 5) is 31.5. The van der Waals surface area contributed by atoms with Crippen LogP contribution in [0.2, 0.25) is 0 Å². The molecule has 0 fully saturated rings. The van der Waals surface area contributed by atoms with E-state index in [1.54, 1.807) is 10.6 Å². The fraction of sp³-hybridized carbons (Fsp3) is 0.261. The Morgan fingerprint density at radius 3 is 2.36 bits per heavy atom. The number of aromatic nitrogens is 3. The molecule has 142 valence electrons. The standard InChI is InChI=1S/C23H23N3O2/c1-14(2)13-19-24-22-20(21(27)17-7-5-6-8-18(17)25(22)4)23(28)26(19)16-11-9-15(3)10-12-16/h5-12,14H,13H2,1-4H3. The molecule has 0 saturated heterocycles. The van der Waals surface area contributed by atoms with Crippen molar-refractivity contribution in [2.75, 3.05) is 0 Å². The molecule has 0 bridgehead atoms. The molecule has 2 aromatic heterocycles. The SMILES string of the molecule is Cc1ccc(-n2c(CC(C)C)nc3c(c(=O)c4ccccc4n3C)c2=O)cc1. The smallest absolute Gasteiger partial charge is 0.271 e. The maximum absolute atomic E-state index is 13.5. The van der Waals surface area contributed by atoms with Gasteiger partial charge < -0.3 is 4.57 Å². The second kappa shape index (κ2) is 6.75. The van der Waals surface area contributed by atoms with Crippen molar-refractivity contribution < 1.29 is 0 Å². The van der Waals surface area contributed by atoms with E-state index in [2.05, 4.69) is 13.8 Å². The molecule has 28 heavy (non-hydrogen) atoms.